The molecule has 0 spiro atoms. The highest BCUT2D eigenvalue weighted by Gasteiger charge is 2.31. The Morgan fingerprint density at radius 2 is 2.33 bits per heavy atom. The van der Waals surface area contributed by atoms with E-state index in [0.29, 0.717) is 13.2 Å². The first-order valence-electron chi connectivity index (χ1n) is 3.98. The molecule has 4 heteroatoms. The van der Waals surface area contributed by atoms with E-state index in [0.717, 1.165) is 6.42 Å². The van der Waals surface area contributed by atoms with Gasteiger partial charge < -0.3 is 14.2 Å². The van der Waals surface area contributed by atoms with Crippen LogP contribution in [-0.2, 0) is 19.0 Å². The van der Waals surface area contributed by atoms with Gasteiger partial charge in [-0.1, -0.05) is 0 Å². The number of esters is 1. The van der Waals surface area contributed by atoms with Crippen molar-refractivity contribution in [2.75, 3.05) is 27.4 Å². The summed E-state index contributed by atoms with van der Waals surface area (Å²) in [6.07, 6.45) is 0.408. The van der Waals surface area contributed by atoms with Crippen molar-refractivity contribution in [2.45, 2.75) is 12.5 Å². The third kappa shape index (κ3) is 1.95. The summed E-state index contributed by atoms with van der Waals surface area (Å²) in [4.78, 5) is 11.1. The van der Waals surface area contributed by atoms with Crippen molar-refractivity contribution in [3.05, 3.63) is 0 Å². The molecule has 1 aliphatic rings. The summed E-state index contributed by atoms with van der Waals surface area (Å²) in [6.45, 7) is 1.30. The molecule has 12 heavy (non-hydrogen) atoms. The van der Waals surface area contributed by atoms with Crippen molar-refractivity contribution >= 4 is 5.97 Å². The highest BCUT2D eigenvalue weighted by atomic mass is 16.6. The van der Waals surface area contributed by atoms with Crippen LogP contribution >= 0.6 is 0 Å². The van der Waals surface area contributed by atoms with Gasteiger partial charge in [0.15, 0.2) is 6.10 Å². The van der Waals surface area contributed by atoms with Crippen molar-refractivity contribution in [1.82, 2.24) is 0 Å². The largest absolute Gasteiger partial charge is 0.467 e. The first-order chi connectivity index (χ1) is 5.79. The number of ether oxygens (including phenoxy) is 3. The molecule has 1 rings (SSSR count). The number of methoxy groups -OCH3 is 2. The van der Waals surface area contributed by atoms with Gasteiger partial charge in [0.25, 0.3) is 0 Å². The van der Waals surface area contributed by atoms with Crippen LogP contribution in [0.3, 0.4) is 0 Å². The van der Waals surface area contributed by atoms with Crippen LogP contribution < -0.4 is 0 Å². The minimum Gasteiger partial charge on any atom is -0.467 e. The van der Waals surface area contributed by atoms with Gasteiger partial charge in [0.05, 0.1) is 13.7 Å². The number of carbonyl (C=O) groups excluding carboxylic acids is 1. The van der Waals surface area contributed by atoms with E-state index in [1.54, 1.807) is 0 Å². The smallest absolute Gasteiger partial charge is 0.335 e. The minimum atomic E-state index is -0.461. The van der Waals surface area contributed by atoms with Gasteiger partial charge in [-0.3, -0.25) is 0 Å². The van der Waals surface area contributed by atoms with E-state index in [9.17, 15) is 4.79 Å². The molecule has 2 unspecified atom stereocenters. The highest BCUT2D eigenvalue weighted by molar-refractivity contribution is 5.74. The monoisotopic (exact) mass is 174 g/mol. The lowest BCUT2D eigenvalue weighted by atomic mass is 10.0. The molecule has 0 bridgehead atoms. The van der Waals surface area contributed by atoms with E-state index in [1.807, 2.05) is 0 Å². The summed E-state index contributed by atoms with van der Waals surface area (Å²) in [5.41, 5.74) is 0. The Bertz CT molecular complexity index is 151. The Balaban J connectivity index is 2.48. The average Bonchev–Trinajstić information content (AvgIpc) is 2.58. The minimum absolute atomic E-state index is 0.155. The summed E-state index contributed by atoms with van der Waals surface area (Å²) in [6, 6.07) is 0. The van der Waals surface area contributed by atoms with Crippen LogP contribution in [0.4, 0.5) is 0 Å². The van der Waals surface area contributed by atoms with E-state index in [-0.39, 0.29) is 11.9 Å². The second kappa shape index (κ2) is 4.42. The van der Waals surface area contributed by atoms with Gasteiger partial charge in [-0.15, -0.1) is 0 Å². The summed E-state index contributed by atoms with van der Waals surface area (Å²) >= 11 is 0. The molecular formula is C8H14O4. The molecule has 70 valence electrons. The van der Waals surface area contributed by atoms with E-state index in [2.05, 4.69) is 4.74 Å². The molecule has 0 aliphatic carbocycles. The number of carbonyl (C=O) groups is 1. The lowest BCUT2D eigenvalue weighted by Crippen LogP contribution is -2.32. The Morgan fingerprint density at radius 1 is 1.58 bits per heavy atom. The molecule has 0 aromatic carbocycles. The normalized spacial score (nSPS) is 25.3. The van der Waals surface area contributed by atoms with Crippen molar-refractivity contribution < 1.29 is 19.0 Å². The van der Waals surface area contributed by atoms with Crippen LogP contribution in [0, 0.1) is 5.92 Å². The van der Waals surface area contributed by atoms with Crippen molar-refractivity contribution in [1.29, 1.82) is 0 Å². The lowest BCUT2D eigenvalue weighted by molar-refractivity contribution is -0.155. The molecule has 0 aromatic heterocycles. The van der Waals surface area contributed by atoms with Crippen LogP contribution in [0.2, 0.25) is 0 Å². The maximum atomic E-state index is 11.1. The van der Waals surface area contributed by atoms with Crippen molar-refractivity contribution in [3.8, 4) is 0 Å². The number of rotatable bonds is 3. The third-order valence-electron chi connectivity index (χ3n) is 2.08. The molecular weight excluding hydrogens is 160 g/mol. The Labute approximate surface area is 71.8 Å². The molecule has 0 saturated carbocycles. The lowest BCUT2D eigenvalue weighted by Gasteiger charge is -2.17. The maximum Gasteiger partial charge on any atom is 0.335 e. The van der Waals surface area contributed by atoms with Crippen LogP contribution in [-0.4, -0.2) is 39.5 Å². The van der Waals surface area contributed by atoms with E-state index in [4.69, 9.17) is 9.47 Å². The fraction of sp³-hybridized carbons (Fsp3) is 0.875. The van der Waals surface area contributed by atoms with E-state index >= 15 is 0 Å². The van der Waals surface area contributed by atoms with Gasteiger partial charge in [-0.05, 0) is 6.42 Å². The van der Waals surface area contributed by atoms with Gasteiger partial charge in [-0.25, -0.2) is 4.79 Å². The number of hydrogen-bond donors (Lipinski definition) is 0. The Morgan fingerprint density at radius 3 is 2.75 bits per heavy atom. The Kier molecular flexibility index (Phi) is 3.49. The van der Waals surface area contributed by atoms with E-state index < -0.39 is 6.10 Å². The summed E-state index contributed by atoms with van der Waals surface area (Å²) in [5.74, 6) is -0.157. The van der Waals surface area contributed by atoms with Gasteiger partial charge in [0, 0.05) is 19.6 Å². The molecule has 0 aromatic rings. The zero-order valence-electron chi connectivity index (χ0n) is 7.41. The second-order valence-electron chi connectivity index (χ2n) is 2.80. The number of hydrogen-bond acceptors (Lipinski definition) is 4. The molecule has 0 amide bonds. The van der Waals surface area contributed by atoms with Gasteiger partial charge in [-0.2, -0.15) is 0 Å². The molecule has 1 aliphatic heterocycles. The van der Waals surface area contributed by atoms with Crippen molar-refractivity contribution in [3.63, 3.8) is 0 Å². The highest BCUT2D eigenvalue weighted by Crippen LogP contribution is 2.19. The predicted molar refractivity (Wildman–Crippen MR) is 41.7 cm³/mol. The molecule has 1 fully saturated rings. The molecule has 0 radical (unpaired) electrons. The second-order valence-corrected chi connectivity index (χ2v) is 2.80. The van der Waals surface area contributed by atoms with E-state index in [1.165, 1.54) is 14.2 Å². The van der Waals surface area contributed by atoms with Crippen molar-refractivity contribution in [2.24, 2.45) is 5.92 Å². The maximum absolute atomic E-state index is 11.1. The Hall–Kier alpha value is -0.610. The first kappa shape index (κ1) is 9.48. The molecule has 4 nitrogen and oxygen atoms in total. The standard InChI is InChI=1S/C8H14O4/c1-10-7(8(9)11-2)6-3-4-12-5-6/h6-7H,3-5H2,1-2H3. The molecule has 1 saturated heterocycles. The molecule has 1 heterocycles. The van der Waals surface area contributed by atoms with Crippen LogP contribution in [0.25, 0.3) is 0 Å². The topological polar surface area (TPSA) is 44.8 Å². The van der Waals surface area contributed by atoms with Gasteiger partial charge >= 0.3 is 5.97 Å². The summed E-state index contributed by atoms with van der Waals surface area (Å²) in [7, 11) is 2.88. The summed E-state index contributed by atoms with van der Waals surface area (Å²) < 4.78 is 14.8. The van der Waals surface area contributed by atoms with Crippen LogP contribution in [0.15, 0.2) is 0 Å². The van der Waals surface area contributed by atoms with Gasteiger partial charge in [0.1, 0.15) is 0 Å². The third-order valence-corrected chi connectivity index (χ3v) is 2.08. The molecule has 2 atom stereocenters. The SMILES string of the molecule is COC(=O)C(OC)C1CCOC1. The first-order valence-corrected chi connectivity index (χ1v) is 3.98. The predicted octanol–water partition coefficient (Wildman–Crippen LogP) is 0.211. The summed E-state index contributed by atoms with van der Waals surface area (Å²) in [5, 5.41) is 0. The quantitative estimate of drug-likeness (QED) is 0.574. The molecule has 0 N–H and O–H groups in total. The zero-order valence-corrected chi connectivity index (χ0v) is 7.41. The fourth-order valence-electron chi connectivity index (χ4n) is 1.39. The average molecular weight is 174 g/mol. The zero-order chi connectivity index (χ0) is 8.97. The van der Waals surface area contributed by atoms with Crippen LogP contribution in [0.1, 0.15) is 6.42 Å². The fourth-order valence-corrected chi connectivity index (χ4v) is 1.39. The van der Waals surface area contributed by atoms with Gasteiger partial charge in [0.2, 0.25) is 0 Å². The van der Waals surface area contributed by atoms with Crippen LogP contribution in [0.5, 0.6) is 0 Å².